The van der Waals surface area contributed by atoms with Gasteiger partial charge in [0.05, 0.1) is 28.3 Å². The van der Waals surface area contributed by atoms with E-state index in [0.29, 0.717) is 35.6 Å². The van der Waals surface area contributed by atoms with E-state index in [1.807, 2.05) is 50.8 Å². The minimum Gasteiger partial charge on any atom is -0.377 e. The van der Waals surface area contributed by atoms with Gasteiger partial charge in [-0.2, -0.15) is 5.10 Å². The number of fused-ring (bicyclic) bond motifs is 2. The van der Waals surface area contributed by atoms with E-state index >= 15 is 0 Å². The number of pyridine rings is 1. The first-order valence-electron chi connectivity index (χ1n) is 12.8. The SMILES string of the molecule is CCn1c(N2CCc3nn(C)cc3C2)nc2c(C(C)Nc3ccc(Cl)nc3C(=O)NSC)cc(C)cc2c1=O. The summed E-state index contributed by atoms with van der Waals surface area (Å²) >= 11 is 7.29. The lowest BCUT2D eigenvalue weighted by Crippen LogP contribution is -2.36. The molecule has 0 bridgehead atoms. The number of carbonyl (C=O) groups excluding carboxylic acids is 1. The van der Waals surface area contributed by atoms with Gasteiger partial charge in [0, 0.05) is 56.7 Å². The minimum absolute atomic E-state index is 0.0696. The van der Waals surface area contributed by atoms with Crippen molar-refractivity contribution in [2.45, 2.75) is 46.3 Å². The van der Waals surface area contributed by atoms with Crippen LogP contribution < -0.4 is 20.5 Å². The van der Waals surface area contributed by atoms with Crippen LogP contribution in [0.5, 0.6) is 0 Å². The van der Waals surface area contributed by atoms with Gasteiger partial charge >= 0.3 is 0 Å². The van der Waals surface area contributed by atoms with Crippen LogP contribution in [0.2, 0.25) is 5.15 Å². The number of anilines is 2. The van der Waals surface area contributed by atoms with Crippen molar-refractivity contribution in [2.75, 3.05) is 23.0 Å². The number of carbonyl (C=O) groups is 1. The van der Waals surface area contributed by atoms with E-state index in [1.165, 1.54) is 11.9 Å². The molecule has 0 spiro atoms. The topological polar surface area (TPSA) is 110 Å². The van der Waals surface area contributed by atoms with E-state index in [1.54, 1.807) is 23.0 Å². The first kappa shape index (κ1) is 27.0. The smallest absolute Gasteiger partial charge is 0.281 e. The Morgan fingerprint density at radius 1 is 1.26 bits per heavy atom. The number of rotatable bonds is 7. The van der Waals surface area contributed by atoms with Gasteiger partial charge in [-0.15, -0.1) is 0 Å². The first-order chi connectivity index (χ1) is 18.7. The largest absolute Gasteiger partial charge is 0.377 e. The van der Waals surface area contributed by atoms with Crippen LogP contribution in [0, 0.1) is 6.92 Å². The number of hydrogen-bond acceptors (Lipinski definition) is 8. The zero-order valence-electron chi connectivity index (χ0n) is 22.6. The van der Waals surface area contributed by atoms with E-state index in [0.717, 1.165) is 35.3 Å². The highest BCUT2D eigenvalue weighted by Crippen LogP contribution is 2.30. The third-order valence-corrected chi connectivity index (χ3v) is 7.49. The molecular weight excluding hydrogens is 536 g/mol. The Morgan fingerprint density at radius 2 is 2.05 bits per heavy atom. The Kier molecular flexibility index (Phi) is 7.55. The second-order valence-electron chi connectivity index (χ2n) is 9.69. The van der Waals surface area contributed by atoms with Gasteiger partial charge in [-0.05, 0) is 44.5 Å². The Bertz CT molecular complexity index is 1630. The second-order valence-corrected chi connectivity index (χ2v) is 10.7. The fourth-order valence-electron chi connectivity index (χ4n) is 5.15. The van der Waals surface area contributed by atoms with Crippen molar-refractivity contribution in [1.29, 1.82) is 0 Å². The van der Waals surface area contributed by atoms with E-state index in [9.17, 15) is 9.59 Å². The number of nitrogens with one attached hydrogen (secondary N) is 2. The molecule has 0 radical (unpaired) electrons. The number of hydrogen-bond donors (Lipinski definition) is 2. The Labute approximate surface area is 235 Å². The fraction of sp³-hybridized carbons (Fsp3) is 0.370. The van der Waals surface area contributed by atoms with E-state index in [-0.39, 0.29) is 28.4 Å². The van der Waals surface area contributed by atoms with Crippen molar-refractivity contribution in [2.24, 2.45) is 7.05 Å². The number of amides is 1. The molecule has 39 heavy (non-hydrogen) atoms. The molecule has 1 unspecified atom stereocenters. The highest BCUT2D eigenvalue weighted by molar-refractivity contribution is 7.97. The molecule has 1 atom stereocenters. The molecule has 2 N–H and O–H groups in total. The molecule has 10 nitrogen and oxygen atoms in total. The Balaban J connectivity index is 1.59. The van der Waals surface area contributed by atoms with E-state index in [2.05, 4.69) is 25.0 Å². The van der Waals surface area contributed by atoms with Crippen molar-refractivity contribution in [3.8, 4) is 0 Å². The number of aryl methyl sites for hydroxylation is 2. The molecule has 4 heterocycles. The fourth-order valence-corrected chi connectivity index (χ4v) is 5.58. The van der Waals surface area contributed by atoms with Crippen LogP contribution in [0.25, 0.3) is 10.9 Å². The quantitative estimate of drug-likeness (QED) is 0.252. The predicted molar refractivity (Wildman–Crippen MR) is 157 cm³/mol. The molecule has 12 heteroatoms. The molecule has 4 aromatic rings. The maximum Gasteiger partial charge on any atom is 0.281 e. The van der Waals surface area contributed by atoms with Crippen LogP contribution in [0.15, 0.2) is 35.3 Å². The zero-order chi connectivity index (χ0) is 27.8. The molecule has 1 aliphatic rings. The van der Waals surface area contributed by atoms with Crippen LogP contribution in [0.1, 0.15) is 52.8 Å². The normalized spacial score (nSPS) is 13.8. The average Bonchev–Trinajstić information content (AvgIpc) is 3.28. The van der Waals surface area contributed by atoms with Crippen LogP contribution >= 0.6 is 23.5 Å². The molecule has 0 fully saturated rings. The second kappa shape index (κ2) is 10.9. The maximum absolute atomic E-state index is 13.8. The van der Waals surface area contributed by atoms with Gasteiger partial charge in [0.25, 0.3) is 11.5 Å². The minimum atomic E-state index is -0.347. The molecule has 1 amide bonds. The average molecular weight is 567 g/mol. The van der Waals surface area contributed by atoms with Crippen molar-refractivity contribution in [3.05, 3.63) is 74.0 Å². The number of benzene rings is 1. The highest BCUT2D eigenvalue weighted by Gasteiger charge is 2.25. The molecule has 5 rings (SSSR count). The number of nitrogens with zero attached hydrogens (tertiary/aromatic N) is 6. The van der Waals surface area contributed by atoms with Crippen molar-refractivity contribution < 1.29 is 4.79 Å². The molecule has 0 aliphatic carbocycles. The lowest BCUT2D eigenvalue weighted by Gasteiger charge is -2.30. The molecule has 0 saturated carbocycles. The van der Waals surface area contributed by atoms with E-state index in [4.69, 9.17) is 16.6 Å². The molecule has 1 aromatic carbocycles. The maximum atomic E-state index is 13.8. The molecule has 1 aliphatic heterocycles. The summed E-state index contributed by atoms with van der Waals surface area (Å²) in [5.41, 5.74) is 5.35. The monoisotopic (exact) mass is 566 g/mol. The molecular formula is C27H31ClN8O2S. The first-order valence-corrected chi connectivity index (χ1v) is 14.4. The van der Waals surface area contributed by atoms with Crippen molar-refractivity contribution in [3.63, 3.8) is 0 Å². The summed E-state index contributed by atoms with van der Waals surface area (Å²) in [7, 11) is 1.92. The predicted octanol–water partition coefficient (Wildman–Crippen LogP) is 4.25. The lowest BCUT2D eigenvalue weighted by atomic mass is 10.0. The van der Waals surface area contributed by atoms with E-state index < -0.39 is 0 Å². The molecule has 204 valence electrons. The van der Waals surface area contributed by atoms with Crippen molar-refractivity contribution >= 4 is 52.0 Å². The van der Waals surface area contributed by atoms with Gasteiger partial charge in [0.2, 0.25) is 5.95 Å². The summed E-state index contributed by atoms with van der Waals surface area (Å²) in [4.78, 5) is 38.0. The van der Waals surface area contributed by atoms with Crippen LogP contribution in [-0.2, 0) is 26.6 Å². The van der Waals surface area contributed by atoms with Gasteiger partial charge in [0.1, 0.15) is 5.15 Å². The molecule has 3 aromatic heterocycles. The summed E-state index contributed by atoms with van der Waals surface area (Å²) in [6.45, 7) is 7.79. The van der Waals surface area contributed by atoms with Gasteiger partial charge in [-0.1, -0.05) is 29.6 Å². The van der Waals surface area contributed by atoms with Gasteiger partial charge in [-0.3, -0.25) is 23.6 Å². The zero-order valence-corrected chi connectivity index (χ0v) is 24.2. The van der Waals surface area contributed by atoms with Crippen LogP contribution in [-0.4, -0.2) is 43.0 Å². The third kappa shape index (κ3) is 5.20. The Hall–Kier alpha value is -3.57. The highest BCUT2D eigenvalue weighted by atomic mass is 35.5. The Morgan fingerprint density at radius 3 is 2.79 bits per heavy atom. The summed E-state index contributed by atoms with van der Waals surface area (Å²) in [6, 6.07) is 7.02. The third-order valence-electron chi connectivity index (χ3n) is 6.89. The van der Waals surface area contributed by atoms with Crippen molar-refractivity contribution in [1.82, 2.24) is 29.0 Å². The van der Waals surface area contributed by atoms with Gasteiger partial charge < -0.3 is 10.2 Å². The lowest BCUT2D eigenvalue weighted by molar-refractivity contribution is 0.0980. The van der Waals surface area contributed by atoms with Gasteiger partial charge in [0.15, 0.2) is 5.69 Å². The standard InChI is InChI=1S/C27H31ClN8O2S/c1-6-36-26(38)19-12-15(2)11-18(16(3)29-21-7-8-22(28)30-24(21)25(37)33-39-5)23(19)31-27(36)35-10-9-20-17(14-35)13-34(4)32-20/h7-8,11-13,16,29H,6,9-10,14H2,1-5H3,(H,33,37). The molecule has 0 saturated heterocycles. The summed E-state index contributed by atoms with van der Waals surface area (Å²) in [5, 5.41) is 8.77. The van der Waals surface area contributed by atoms with Crippen LogP contribution in [0.4, 0.5) is 11.6 Å². The number of halogens is 1. The summed E-state index contributed by atoms with van der Waals surface area (Å²) < 4.78 is 6.29. The summed E-state index contributed by atoms with van der Waals surface area (Å²) in [5.74, 6) is 0.301. The summed E-state index contributed by atoms with van der Waals surface area (Å²) in [6.07, 6.45) is 4.58. The van der Waals surface area contributed by atoms with Crippen LogP contribution in [0.3, 0.4) is 0 Å². The number of aromatic nitrogens is 5. The van der Waals surface area contributed by atoms with Gasteiger partial charge in [-0.25, -0.2) is 9.97 Å².